The van der Waals surface area contributed by atoms with Crippen molar-refractivity contribution in [3.05, 3.63) is 53.1 Å². The highest BCUT2D eigenvalue weighted by molar-refractivity contribution is 7.99. The fourth-order valence-electron chi connectivity index (χ4n) is 2.49. The molecule has 0 spiro atoms. The molecule has 1 N–H and O–H groups in total. The van der Waals surface area contributed by atoms with Gasteiger partial charge in [0.25, 0.3) is 0 Å². The van der Waals surface area contributed by atoms with Crippen molar-refractivity contribution in [3.8, 4) is 17.2 Å². The Balaban J connectivity index is 1.50. The fourth-order valence-corrected chi connectivity index (χ4v) is 3.39. The van der Waals surface area contributed by atoms with Crippen LogP contribution in [-0.2, 0) is 4.79 Å². The third kappa shape index (κ3) is 5.58. The third-order valence-electron chi connectivity index (χ3n) is 3.76. The molecule has 0 fully saturated rings. The summed E-state index contributed by atoms with van der Waals surface area (Å²) in [6.07, 6.45) is 3.22. The molecule has 0 radical (unpaired) electrons. The van der Waals surface area contributed by atoms with Crippen molar-refractivity contribution in [2.75, 3.05) is 32.6 Å². The molecule has 3 rings (SSSR count). The Bertz CT molecular complexity index is 806. The number of benzene rings is 2. The van der Waals surface area contributed by atoms with Gasteiger partial charge in [-0.1, -0.05) is 11.6 Å². The highest BCUT2D eigenvalue weighted by Gasteiger charge is 2.17. The van der Waals surface area contributed by atoms with Gasteiger partial charge >= 0.3 is 0 Å². The number of halogens is 1. The van der Waals surface area contributed by atoms with E-state index in [4.69, 9.17) is 25.8 Å². The van der Waals surface area contributed by atoms with E-state index in [9.17, 15) is 4.79 Å². The molecule has 7 heteroatoms. The van der Waals surface area contributed by atoms with Crippen molar-refractivity contribution in [2.24, 2.45) is 0 Å². The maximum Gasteiger partial charge on any atom is 0.244 e. The lowest BCUT2D eigenvalue weighted by molar-refractivity contribution is -0.116. The van der Waals surface area contributed by atoms with E-state index >= 15 is 0 Å². The van der Waals surface area contributed by atoms with Crippen LogP contribution in [0.15, 0.2) is 47.4 Å². The number of rotatable bonds is 7. The zero-order valence-electron chi connectivity index (χ0n) is 14.9. The van der Waals surface area contributed by atoms with Crippen LogP contribution in [0.5, 0.6) is 17.2 Å². The average molecular weight is 406 g/mol. The molecule has 5 nitrogen and oxygen atoms in total. The summed E-state index contributed by atoms with van der Waals surface area (Å²) in [5.41, 5.74) is 0.807. The fraction of sp³-hybridized carbons (Fsp3) is 0.250. The van der Waals surface area contributed by atoms with Crippen LogP contribution in [0, 0.1) is 0 Å². The first-order valence-electron chi connectivity index (χ1n) is 8.47. The van der Waals surface area contributed by atoms with Crippen LogP contribution in [-0.4, -0.2) is 38.5 Å². The van der Waals surface area contributed by atoms with Crippen LogP contribution in [0.25, 0.3) is 6.08 Å². The van der Waals surface area contributed by atoms with E-state index < -0.39 is 0 Å². The molecule has 2 aromatic rings. The molecule has 27 heavy (non-hydrogen) atoms. The van der Waals surface area contributed by atoms with Crippen molar-refractivity contribution in [3.63, 3.8) is 0 Å². The van der Waals surface area contributed by atoms with Gasteiger partial charge in [-0.2, -0.15) is 0 Å². The molecule has 0 unspecified atom stereocenters. The predicted octanol–water partition coefficient (Wildman–Crippen LogP) is 4.04. The van der Waals surface area contributed by atoms with Crippen LogP contribution in [0.1, 0.15) is 5.56 Å². The summed E-state index contributed by atoms with van der Waals surface area (Å²) in [4.78, 5) is 13.1. The Morgan fingerprint density at radius 3 is 2.81 bits per heavy atom. The van der Waals surface area contributed by atoms with Gasteiger partial charge in [0.05, 0.1) is 7.11 Å². The van der Waals surface area contributed by atoms with Gasteiger partial charge in [-0.15, -0.1) is 11.8 Å². The maximum atomic E-state index is 12.0. The number of carbonyl (C=O) groups excluding carboxylic acids is 1. The van der Waals surface area contributed by atoms with Gasteiger partial charge in [-0.3, -0.25) is 4.79 Å². The number of thioether (sulfide) groups is 1. The smallest absolute Gasteiger partial charge is 0.244 e. The molecular formula is C20H20ClNO4S. The summed E-state index contributed by atoms with van der Waals surface area (Å²) in [5, 5.41) is 3.58. The number of nitrogens with one attached hydrogen (secondary N) is 1. The predicted molar refractivity (Wildman–Crippen MR) is 108 cm³/mol. The van der Waals surface area contributed by atoms with E-state index in [1.165, 1.54) is 6.08 Å². The molecule has 0 saturated carbocycles. The second-order valence-corrected chi connectivity index (χ2v) is 7.28. The van der Waals surface area contributed by atoms with Crippen molar-refractivity contribution >= 4 is 35.3 Å². The zero-order valence-corrected chi connectivity index (χ0v) is 16.4. The van der Waals surface area contributed by atoms with Crippen molar-refractivity contribution < 1.29 is 19.0 Å². The SMILES string of the molecule is COc1cc(/C=C/C(=O)NCCSc2ccc(Cl)cc2)cc2c1OCCO2. The Morgan fingerprint density at radius 1 is 1.26 bits per heavy atom. The second-order valence-electron chi connectivity index (χ2n) is 5.67. The number of methoxy groups -OCH3 is 1. The first kappa shape index (κ1) is 19.5. The van der Waals surface area contributed by atoms with E-state index in [2.05, 4.69) is 5.32 Å². The van der Waals surface area contributed by atoms with Crippen molar-refractivity contribution in [1.29, 1.82) is 0 Å². The summed E-state index contributed by atoms with van der Waals surface area (Å²) < 4.78 is 16.5. The van der Waals surface area contributed by atoms with Crippen LogP contribution >= 0.6 is 23.4 Å². The molecule has 0 saturated heterocycles. The number of hydrogen-bond donors (Lipinski definition) is 1. The minimum atomic E-state index is -0.152. The molecule has 142 valence electrons. The molecular weight excluding hydrogens is 386 g/mol. The molecule has 0 bridgehead atoms. The van der Waals surface area contributed by atoms with Crippen LogP contribution in [0.4, 0.5) is 0 Å². The van der Waals surface area contributed by atoms with E-state index in [0.29, 0.717) is 42.0 Å². The summed E-state index contributed by atoms with van der Waals surface area (Å²) >= 11 is 7.52. The standard InChI is InChI=1S/C20H20ClNO4S/c1-24-17-12-14(13-18-20(17)26-10-9-25-18)2-7-19(23)22-8-11-27-16-5-3-15(21)4-6-16/h2-7,12-13H,8-11H2,1H3,(H,22,23)/b7-2+. The quantitative estimate of drug-likeness (QED) is 0.428. The Kier molecular flexibility index (Phi) is 6.90. The first-order chi connectivity index (χ1) is 13.2. The zero-order chi connectivity index (χ0) is 19.1. The van der Waals surface area contributed by atoms with Crippen molar-refractivity contribution in [2.45, 2.75) is 4.90 Å². The van der Waals surface area contributed by atoms with Gasteiger partial charge in [0, 0.05) is 28.3 Å². The molecule has 2 aromatic carbocycles. The summed E-state index contributed by atoms with van der Waals surface area (Å²) in [7, 11) is 1.58. The molecule has 0 atom stereocenters. The monoisotopic (exact) mass is 405 g/mol. The Morgan fingerprint density at radius 2 is 2.04 bits per heavy atom. The normalized spacial score (nSPS) is 12.8. The lowest BCUT2D eigenvalue weighted by atomic mass is 10.1. The number of amides is 1. The lowest BCUT2D eigenvalue weighted by Gasteiger charge is -2.20. The molecule has 0 aliphatic carbocycles. The number of hydrogen-bond acceptors (Lipinski definition) is 5. The second kappa shape index (κ2) is 9.58. The molecule has 1 heterocycles. The highest BCUT2D eigenvalue weighted by Crippen LogP contribution is 2.40. The van der Waals surface area contributed by atoms with E-state index in [1.807, 2.05) is 36.4 Å². The van der Waals surface area contributed by atoms with Gasteiger partial charge in [0.1, 0.15) is 13.2 Å². The average Bonchev–Trinajstić information content (AvgIpc) is 2.70. The van der Waals surface area contributed by atoms with E-state index in [0.717, 1.165) is 16.2 Å². The molecule has 1 aliphatic rings. The molecule has 0 aromatic heterocycles. The van der Waals surface area contributed by atoms with Crippen molar-refractivity contribution in [1.82, 2.24) is 5.32 Å². The van der Waals surface area contributed by atoms with Gasteiger partial charge in [-0.05, 0) is 48.0 Å². The van der Waals surface area contributed by atoms with E-state index in [1.54, 1.807) is 24.9 Å². The topological polar surface area (TPSA) is 56.8 Å². The molecule has 1 aliphatic heterocycles. The Labute approximate surface area is 167 Å². The highest BCUT2D eigenvalue weighted by atomic mass is 35.5. The third-order valence-corrected chi connectivity index (χ3v) is 5.03. The number of fused-ring (bicyclic) bond motifs is 1. The van der Waals surface area contributed by atoms with Gasteiger partial charge in [-0.25, -0.2) is 0 Å². The lowest BCUT2D eigenvalue weighted by Crippen LogP contribution is -2.23. The summed E-state index contributed by atoms with van der Waals surface area (Å²) in [5.74, 6) is 2.44. The van der Waals surface area contributed by atoms with E-state index in [-0.39, 0.29) is 5.91 Å². The van der Waals surface area contributed by atoms with Crippen LogP contribution in [0.2, 0.25) is 5.02 Å². The first-order valence-corrected chi connectivity index (χ1v) is 9.84. The number of carbonyl (C=O) groups is 1. The molecule has 1 amide bonds. The van der Waals surface area contributed by atoms with Crippen LogP contribution < -0.4 is 19.5 Å². The summed E-state index contributed by atoms with van der Waals surface area (Å²) in [6, 6.07) is 11.3. The summed E-state index contributed by atoms with van der Waals surface area (Å²) in [6.45, 7) is 1.56. The number of ether oxygens (including phenoxy) is 3. The Hall–Kier alpha value is -2.31. The maximum absolute atomic E-state index is 12.0. The van der Waals surface area contributed by atoms with Gasteiger partial charge < -0.3 is 19.5 Å². The minimum absolute atomic E-state index is 0.152. The van der Waals surface area contributed by atoms with Gasteiger partial charge in [0.2, 0.25) is 11.7 Å². The van der Waals surface area contributed by atoms with Crippen LogP contribution in [0.3, 0.4) is 0 Å². The minimum Gasteiger partial charge on any atom is -0.493 e. The largest absolute Gasteiger partial charge is 0.493 e. The van der Waals surface area contributed by atoms with Gasteiger partial charge in [0.15, 0.2) is 11.5 Å².